The molecule has 2 aromatic rings. The number of hydrogen-bond donors (Lipinski definition) is 2. The molecule has 4 heteroatoms. The van der Waals surface area contributed by atoms with Crippen molar-refractivity contribution in [2.75, 3.05) is 18.9 Å². The van der Waals surface area contributed by atoms with Crippen LogP contribution in [0.1, 0.15) is 24.0 Å². The van der Waals surface area contributed by atoms with Crippen LogP contribution in [0.2, 0.25) is 0 Å². The molecule has 2 aliphatic rings. The topological polar surface area (TPSA) is 52.6 Å². The SMILES string of the molecule is CN(CC(O)C1CC1)C(=O)Nc1ccc2c(c1)Cc1ccccc1-2. The number of anilines is 1. The molecule has 0 aliphatic heterocycles. The van der Waals surface area contributed by atoms with Crippen LogP contribution < -0.4 is 5.32 Å². The van der Waals surface area contributed by atoms with Gasteiger partial charge < -0.3 is 15.3 Å². The summed E-state index contributed by atoms with van der Waals surface area (Å²) in [4.78, 5) is 13.9. The molecule has 4 nitrogen and oxygen atoms in total. The molecule has 0 heterocycles. The molecular weight excluding hydrogens is 300 g/mol. The summed E-state index contributed by atoms with van der Waals surface area (Å²) in [6.07, 6.45) is 2.64. The van der Waals surface area contributed by atoms with E-state index in [0.717, 1.165) is 24.9 Å². The van der Waals surface area contributed by atoms with Gasteiger partial charge in [0.1, 0.15) is 0 Å². The van der Waals surface area contributed by atoms with E-state index >= 15 is 0 Å². The summed E-state index contributed by atoms with van der Waals surface area (Å²) in [6, 6.07) is 14.3. The Balaban J connectivity index is 1.44. The number of aliphatic hydroxyl groups is 1. The molecule has 0 spiro atoms. The monoisotopic (exact) mass is 322 g/mol. The average molecular weight is 322 g/mol. The predicted octanol–water partition coefficient (Wildman–Crippen LogP) is 3.49. The standard InChI is InChI=1S/C20H22N2O2/c1-22(12-19(23)13-6-7-13)20(24)21-16-8-9-18-15(11-16)10-14-4-2-3-5-17(14)18/h2-5,8-9,11,13,19,23H,6-7,10,12H2,1H3,(H,21,24). The van der Waals surface area contributed by atoms with E-state index in [4.69, 9.17) is 0 Å². The molecule has 2 aliphatic carbocycles. The van der Waals surface area contributed by atoms with Crippen LogP contribution in [0.25, 0.3) is 11.1 Å². The Labute approximate surface area is 142 Å². The molecule has 124 valence electrons. The van der Waals surface area contributed by atoms with Crippen molar-refractivity contribution in [1.82, 2.24) is 4.90 Å². The Morgan fingerprint density at radius 3 is 2.75 bits per heavy atom. The number of likely N-dealkylation sites (N-methyl/N-ethyl adjacent to an activating group) is 1. The van der Waals surface area contributed by atoms with E-state index in [-0.39, 0.29) is 6.03 Å². The molecule has 1 atom stereocenters. The van der Waals surface area contributed by atoms with E-state index in [9.17, 15) is 9.90 Å². The number of amides is 2. The first kappa shape index (κ1) is 15.2. The average Bonchev–Trinajstić information content (AvgIpc) is 3.36. The molecule has 2 amide bonds. The van der Waals surface area contributed by atoms with E-state index in [1.54, 1.807) is 11.9 Å². The number of rotatable bonds is 4. The number of fused-ring (bicyclic) bond motifs is 3. The van der Waals surface area contributed by atoms with Crippen molar-refractivity contribution < 1.29 is 9.90 Å². The summed E-state index contributed by atoms with van der Waals surface area (Å²) in [6.45, 7) is 0.382. The van der Waals surface area contributed by atoms with Gasteiger partial charge in [-0.15, -0.1) is 0 Å². The highest BCUT2D eigenvalue weighted by Crippen LogP contribution is 2.37. The Morgan fingerprint density at radius 2 is 1.96 bits per heavy atom. The Bertz CT molecular complexity index is 783. The predicted molar refractivity (Wildman–Crippen MR) is 95.1 cm³/mol. The number of carbonyl (C=O) groups excluding carboxylic acids is 1. The molecule has 0 aromatic heterocycles. The van der Waals surface area contributed by atoms with Crippen LogP contribution in [-0.2, 0) is 6.42 Å². The molecule has 0 radical (unpaired) electrons. The second-order valence-electron chi connectivity index (χ2n) is 6.92. The number of carbonyl (C=O) groups is 1. The molecule has 2 N–H and O–H groups in total. The van der Waals surface area contributed by atoms with Crippen molar-refractivity contribution in [3.63, 3.8) is 0 Å². The fourth-order valence-electron chi connectivity index (χ4n) is 3.44. The molecule has 1 unspecified atom stereocenters. The van der Waals surface area contributed by atoms with E-state index < -0.39 is 6.10 Å². The summed E-state index contributed by atoms with van der Waals surface area (Å²) in [5.74, 6) is 0.374. The number of nitrogens with zero attached hydrogens (tertiary/aromatic N) is 1. The number of aliphatic hydroxyl groups excluding tert-OH is 1. The van der Waals surface area contributed by atoms with Gasteiger partial charge in [0.15, 0.2) is 0 Å². The number of benzene rings is 2. The second-order valence-corrected chi connectivity index (χ2v) is 6.92. The minimum absolute atomic E-state index is 0.176. The van der Waals surface area contributed by atoms with Crippen molar-refractivity contribution in [3.05, 3.63) is 53.6 Å². The highest BCUT2D eigenvalue weighted by molar-refractivity contribution is 5.90. The fraction of sp³-hybridized carbons (Fsp3) is 0.350. The maximum atomic E-state index is 12.3. The van der Waals surface area contributed by atoms with E-state index in [1.165, 1.54) is 22.3 Å². The molecule has 24 heavy (non-hydrogen) atoms. The van der Waals surface area contributed by atoms with Crippen LogP contribution in [-0.4, -0.2) is 35.7 Å². The summed E-state index contributed by atoms with van der Waals surface area (Å²) < 4.78 is 0. The first-order valence-electron chi connectivity index (χ1n) is 8.53. The summed E-state index contributed by atoms with van der Waals surface area (Å²) in [7, 11) is 1.73. The number of nitrogens with one attached hydrogen (secondary N) is 1. The van der Waals surface area contributed by atoms with Gasteiger partial charge in [0.05, 0.1) is 6.10 Å². The van der Waals surface area contributed by atoms with Gasteiger partial charge >= 0.3 is 6.03 Å². The lowest BCUT2D eigenvalue weighted by atomic mass is 10.1. The number of hydrogen-bond acceptors (Lipinski definition) is 2. The van der Waals surface area contributed by atoms with Gasteiger partial charge in [0.25, 0.3) is 0 Å². The first-order valence-corrected chi connectivity index (χ1v) is 8.53. The molecule has 1 saturated carbocycles. The maximum absolute atomic E-state index is 12.3. The fourth-order valence-corrected chi connectivity index (χ4v) is 3.44. The normalized spacial score (nSPS) is 16.2. The van der Waals surface area contributed by atoms with E-state index in [2.05, 4.69) is 41.7 Å². The second kappa shape index (κ2) is 5.95. The molecule has 0 bridgehead atoms. The Kier molecular flexibility index (Phi) is 3.77. The first-order chi connectivity index (χ1) is 11.6. The molecule has 1 fully saturated rings. The van der Waals surface area contributed by atoms with Gasteiger partial charge in [-0.3, -0.25) is 0 Å². The minimum Gasteiger partial charge on any atom is -0.391 e. The van der Waals surface area contributed by atoms with Crippen LogP contribution >= 0.6 is 0 Å². The third-order valence-electron chi connectivity index (χ3n) is 5.02. The lowest BCUT2D eigenvalue weighted by molar-refractivity contribution is 0.117. The highest BCUT2D eigenvalue weighted by atomic mass is 16.3. The third kappa shape index (κ3) is 2.89. The minimum atomic E-state index is -0.407. The molecule has 0 saturated heterocycles. The Hall–Kier alpha value is -2.33. The Morgan fingerprint density at radius 1 is 1.21 bits per heavy atom. The van der Waals surface area contributed by atoms with Gasteiger partial charge in [0.2, 0.25) is 0 Å². The van der Waals surface area contributed by atoms with Crippen molar-refractivity contribution in [2.45, 2.75) is 25.4 Å². The zero-order valence-electron chi connectivity index (χ0n) is 13.8. The lowest BCUT2D eigenvalue weighted by Crippen LogP contribution is -2.38. The third-order valence-corrected chi connectivity index (χ3v) is 5.02. The molecule has 4 rings (SSSR count). The zero-order valence-corrected chi connectivity index (χ0v) is 13.8. The molecular formula is C20H22N2O2. The van der Waals surface area contributed by atoms with Gasteiger partial charge in [-0.25, -0.2) is 4.79 Å². The van der Waals surface area contributed by atoms with Crippen LogP contribution in [0, 0.1) is 5.92 Å². The van der Waals surface area contributed by atoms with E-state index in [1.807, 2.05) is 6.07 Å². The summed E-state index contributed by atoms with van der Waals surface area (Å²) >= 11 is 0. The number of urea groups is 1. The van der Waals surface area contributed by atoms with Gasteiger partial charge in [-0.1, -0.05) is 30.3 Å². The summed E-state index contributed by atoms with van der Waals surface area (Å²) in [5.41, 5.74) is 5.92. The van der Waals surface area contributed by atoms with Crippen LogP contribution in [0.4, 0.5) is 10.5 Å². The van der Waals surface area contributed by atoms with Gasteiger partial charge in [0, 0.05) is 19.3 Å². The van der Waals surface area contributed by atoms with Crippen molar-refractivity contribution >= 4 is 11.7 Å². The van der Waals surface area contributed by atoms with Gasteiger partial charge in [-0.2, -0.15) is 0 Å². The molecule has 2 aromatic carbocycles. The van der Waals surface area contributed by atoms with Crippen molar-refractivity contribution in [2.24, 2.45) is 5.92 Å². The summed E-state index contributed by atoms with van der Waals surface area (Å²) in [5, 5.41) is 12.9. The van der Waals surface area contributed by atoms with Crippen molar-refractivity contribution in [1.29, 1.82) is 0 Å². The van der Waals surface area contributed by atoms with Crippen molar-refractivity contribution in [3.8, 4) is 11.1 Å². The van der Waals surface area contributed by atoms with Gasteiger partial charge in [-0.05, 0) is 59.6 Å². The lowest BCUT2D eigenvalue weighted by Gasteiger charge is -2.21. The van der Waals surface area contributed by atoms with E-state index in [0.29, 0.717) is 12.5 Å². The van der Waals surface area contributed by atoms with Crippen LogP contribution in [0.3, 0.4) is 0 Å². The van der Waals surface area contributed by atoms with Crippen LogP contribution in [0.5, 0.6) is 0 Å². The maximum Gasteiger partial charge on any atom is 0.321 e. The highest BCUT2D eigenvalue weighted by Gasteiger charge is 2.31. The largest absolute Gasteiger partial charge is 0.391 e. The van der Waals surface area contributed by atoms with Crippen LogP contribution in [0.15, 0.2) is 42.5 Å². The quantitative estimate of drug-likeness (QED) is 0.772. The smallest absolute Gasteiger partial charge is 0.321 e. The zero-order chi connectivity index (χ0) is 16.7.